The number of rotatable bonds is 4. The van der Waals surface area contributed by atoms with Crippen LogP contribution in [0.5, 0.6) is 0 Å². The summed E-state index contributed by atoms with van der Waals surface area (Å²) in [4.78, 5) is 15.8. The summed E-state index contributed by atoms with van der Waals surface area (Å²) < 4.78 is 0. The topological polar surface area (TPSA) is 32.3 Å². The van der Waals surface area contributed by atoms with Crippen LogP contribution in [0.25, 0.3) is 76.6 Å². The number of para-hydroxylation sites is 3. The fourth-order valence-corrected chi connectivity index (χ4v) is 10.7. The molecule has 3 heterocycles. The third kappa shape index (κ3) is 5.59. The first kappa shape index (κ1) is 36.0. The molecule has 0 unspecified atom stereocenters. The van der Waals surface area contributed by atoms with E-state index in [0.29, 0.717) is 5.82 Å². The van der Waals surface area contributed by atoms with E-state index in [-0.39, 0.29) is 6.71 Å². The average molecular weight is 825 g/mol. The van der Waals surface area contributed by atoms with E-state index >= 15 is 0 Å². The lowest BCUT2D eigenvalue weighted by molar-refractivity contribution is 1.21. The van der Waals surface area contributed by atoms with Crippen molar-refractivity contribution in [2.75, 3.05) is 9.80 Å². The Labute approximate surface area is 376 Å². The molecule has 300 valence electrons. The zero-order valence-corrected chi connectivity index (χ0v) is 35.2. The number of hydrogen-bond donors (Lipinski definition) is 0. The van der Waals surface area contributed by atoms with Crippen LogP contribution in [0, 0.1) is 0 Å². The molecule has 2 aliphatic rings. The molecule has 0 aliphatic carbocycles. The van der Waals surface area contributed by atoms with Crippen LogP contribution in [-0.2, 0) is 0 Å². The minimum absolute atomic E-state index is 0.0804. The molecule has 2 aliphatic heterocycles. The lowest BCUT2D eigenvalue weighted by atomic mass is 9.33. The molecule has 0 radical (unpaired) electrons. The lowest BCUT2D eigenvalue weighted by Gasteiger charge is -2.44. The third-order valence-electron chi connectivity index (χ3n) is 13.6. The Hall–Kier alpha value is -8.54. The van der Waals surface area contributed by atoms with Crippen LogP contribution in [0.2, 0.25) is 0 Å². The van der Waals surface area contributed by atoms with Crippen LogP contribution in [0.1, 0.15) is 0 Å². The summed E-state index contributed by atoms with van der Waals surface area (Å²) in [6.07, 6.45) is 0. The van der Waals surface area contributed by atoms with Gasteiger partial charge in [0.25, 0.3) is 6.71 Å². The van der Waals surface area contributed by atoms with Gasteiger partial charge in [-0.25, -0.2) is 9.97 Å². The van der Waals surface area contributed by atoms with Gasteiger partial charge in [0.15, 0.2) is 5.82 Å². The molecule has 0 saturated carbocycles. The normalized spacial score (nSPS) is 12.8. The maximum absolute atomic E-state index is 5.48. The Bertz CT molecular complexity index is 3720. The van der Waals surface area contributed by atoms with Gasteiger partial charge in [-0.2, -0.15) is 0 Å². The van der Waals surface area contributed by atoms with E-state index in [9.17, 15) is 0 Å². The van der Waals surface area contributed by atoms with Crippen molar-refractivity contribution in [2.24, 2.45) is 0 Å². The third-order valence-corrected chi connectivity index (χ3v) is 13.6. The molecule has 0 saturated heterocycles. The summed E-state index contributed by atoms with van der Waals surface area (Å²) in [6, 6.07) is 82.0. The molecule has 0 amide bonds. The van der Waals surface area contributed by atoms with Crippen molar-refractivity contribution in [1.82, 2.24) is 9.97 Å². The maximum atomic E-state index is 5.48. The molecule has 5 heteroatoms. The van der Waals surface area contributed by atoms with E-state index in [0.717, 1.165) is 50.5 Å². The number of fused-ring (bicyclic) bond motifs is 9. The van der Waals surface area contributed by atoms with Crippen molar-refractivity contribution in [3.8, 4) is 22.6 Å². The highest BCUT2D eigenvalue weighted by Gasteiger charge is 2.44. The van der Waals surface area contributed by atoms with Gasteiger partial charge in [0.05, 0.1) is 11.2 Å². The van der Waals surface area contributed by atoms with Gasteiger partial charge in [-0.15, -0.1) is 0 Å². The fraction of sp³-hybridized carbons (Fsp3) is 0. The van der Waals surface area contributed by atoms with E-state index in [2.05, 4.69) is 234 Å². The van der Waals surface area contributed by atoms with Crippen LogP contribution >= 0.6 is 0 Å². The molecule has 0 bridgehead atoms. The fourth-order valence-electron chi connectivity index (χ4n) is 10.7. The molecule has 65 heavy (non-hydrogen) atoms. The van der Waals surface area contributed by atoms with Gasteiger partial charge in [-0.05, 0) is 138 Å². The standard InChI is InChI=1S/C60H37BN4/c1-4-16-38(17-5-1)59-50-26-14-15-27-53(50)62-60(63-59)47-36-56-58-57(37-47)65(49-24-8-3-9-25-49)55-35-46-31-42-21-13-11-19-40(42)29-44(46)33-52(55)61(58)51-32-43-28-39-18-10-12-20-41(39)30-45(43)34-54(51)64(56)48-22-6-2-7-23-48/h1-37H. The number of aromatic nitrogens is 2. The lowest BCUT2D eigenvalue weighted by Crippen LogP contribution is -2.61. The van der Waals surface area contributed by atoms with Crippen LogP contribution in [-0.4, -0.2) is 16.7 Å². The first-order valence-corrected chi connectivity index (χ1v) is 22.3. The molecular formula is C60H37BN4. The molecule has 0 fully saturated rings. The molecule has 12 aromatic rings. The van der Waals surface area contributed by atoms with Crippen LogP contribution in [0.4, 0.5) is 34.1 Å². The molecule has 0 spiro atoms. The Kier molecular flexibility index (Phi) is 7.75. The van der Waals surface area contributed by atoms with Gasteiger partial charge < -0.3 is 9.80 Å². The summed E-state index contributed by atoms with van der Waals surface area (Å²) in [5.41, 5.74) is 14.4. The molecule has 0 atom stereocenters. The SMILES string of the molecule is c1ccc(-c2nc(-c3cc4c5c(c3)N(c3ccccc3)c3cc6cc7ccccc7cc6cc3B5c3cc5cc6ccccc6cc5cc3N4c3ccccc3)nc3ccccc23)cc1. The highest BCUT2D eigenvalue weighted by atomic mass is 15.2. The second kappa shape index (κ2) is 14.0. The van der Waals surface area contributed by atoms with Crippen LogP contribution < -0.4 is 26.2 Å². The summed E-state index contributed by atoms with van der Waals surface area (Å²) in [6.45, 7) is -0.0804. The number of anilines is 6. The van der Waals surface area contributed by atoms with Crippen molar-refractivity contribution >= 4 is 111 Å². The summed E-state index contributed by atoms with van der Waals surface area (Å²) in [5, 5.41) is 10.8. The van der Waals surface area contributed by atoms with E-state index in [1.54, 1.807) is 0 Å². The Morgan fingerprint density at radius 2 is 0.754 bits per heavy atom. The second-order valence-corrected chi connectivity index (χ2v) is 17.4. The Morgan fingerprint density at radius 1 is 0.323 bits per heavy atom. The first-order chi connectivity index (χ1) is 32.2. The van der Waals surface area contributed by atoms with E-state index in [4.69, 9.17) is 9.97 Å². The van der Waals surface area contributed by atoms with Gasteiger partial charge in [0.2, 0.25) is 0 Å². The molecule has 4 nitrogen and oxygen atoms in total. The highest BCUT2D eigenvalue weighted by Crippen LogP contribution is 2.47. The van der Waals surface area contributed by atoms with Crippen molar-refractivity contribution in [1.29, 1.82) is 0 Å². The van der Waals surface area contributed by atoms with E-state index in [1.807, 2.05) is 0 Å². The maximum Gasteiger partial charge on any atom is 0.252 e. The predicted octanol–water partition coefficient (Wildman–Crippen LogP) is 13.7. The highest BCUT2D eigenvalue weighted by molar-refractivity contribution is 7.00. The zero-order chi connectivity index (χ0) is 42.6. The predicted molar refractivity (Wildman–Crippen MR) is 274 cm³/mol. The smallest absolute Gasteiger partial charge is 0.252 e. The van der Waals surface area contributed by atoms with Crippen molar-refractivity contribution in [3.05, 3.63) is 224 Å². The molecular weight excluding hydrogens is 787 g/mol. The monoisotopic (exact) mass is 824 g/mol. The van der Waals surface area contributed by atoms with Gasteiger partial charge >= 0.3 is 0 Å². The average Bonchev–Trinajstić information content (AvgIpc) is 3.36. The number of nitrogens with zero attached hydrogens (tertiary/aromatic N) is 4. The van der Waals surface area contributed by atoms with Gasteiger partial charge in [0.1, 0.15) is 0 Å². The van der Waals surface area contributed by atoms with Gasteiger partial charge in [-0.1, -0.05) is 146 Å². The van der Waals surface area contributed by atoms with Gasteiger partial charge in [-0.3, -0.25) is 0 Å². The van der Waals surface area contributed by atoms with Crippen LogP contribution in [0.3, 0.4) is 0 Å². The molecule has 14 rings (SSSR count). The quantitative estimate of drug-likeness (QED) is 0.131. The molecule has 0 N–H and O–H groups in total. The van der Waals surface area contributed by atoms with Crippen LogP contribution in [0.15, 0.2) is 224 Å². The van der Waals surface area contributed by atoms with Crippen molar-refractivity contribution in [3.63, 3.8) is 0 Å². The zero-order valence-electron chi connectivity index (χ0n) is 35.2. The molecule has 11 aromatic carbocycles. The summed E-state index contributed by atoms with van der Waals surface area (Å²) in [7, 11) is 0. The Balaban J connectivity index is 1.13. The summed E-state index contributed by atoms with van der Waals surface area (Å²) in [5.74, 6) is 0.686. The molecule has 1 aromatic heterocycles. The summed E-state index contributed by atoms with van der Waals surface area (Å²) >= 11 is 0. The number of hydrogen-bond acceptors (Lipinski definition) is 4. The Morgan fingerprint density at radius 3 is 1.26 bits per heavy atom. The first-order valence-electron chi connectivity index (χ1n) is 22.3. The largest absolute Gasteiger partial charge is 0.311 e. The van der Waals surface area contributed by atoms with Crippen molar-refractivity contribution < 1.29 is 0 Å². The van der Waals surface area contributed by atoms with Gasteiger partial charge in [0, 0.05) is 50.6 Å². The van der Waals surface area contributed by atoms with Crippen molar-refractivity contribution in [2.45, 2.75) is 0 Å². The minimum atomic E-state index is -0.0804. The van der Waals surface area contributed by atoms with E-state index < -0.39 is 0 Å². The second-order valence-electron chi connectivity index (χ2n) is 17.4. The minimum Gasteiger partial charge on any atom is -0.311 e. The number of benzene rings is 11. The van der Waals surface area contributed by atoms with E-state index in [1.165, 1.54) is 70.9 Å².